The van der Waals surface area contributed by atoms with E-state index >= 15 is 0 Å². The zero-order chi connectivity index (χ0) is 12.3. The number of nitrogens with zero attached hydrogens (tertiary/aromatic N) is 1. The van der Waals surface area contributed by atoms with Gasteiger partial charge in [-0.15, -0.1) is 0 Å². The van der Waals surface area contributed by atoms with E-state index in [-0.39, 0.29) is 0 Å². The molecule has 0 bridgehead atoms. The van der Waals surface area contributed by atoms with Gasteiger partial charge in [0.2, 0.25) is 0 Å². The summed E-state index contributed by atoms with van der Waals surface area (Å²) in [5.74, 6) is 0. The third-order valence-electron chi connectivity index (χ3n) is 5.15. The Kier molecular flexibility index (Phi) is 4.48. The average molecular weight is 238 g/mol. The molecule has 1 saturated heterocycles. The molecule has 17 heavy (non-hydrogen) atoms. The van der Waals surface area contributed by atoms with Gasteiger partial charge in [-0.25, -0.2) is 0 Å². The second kappa shape index (κ2) is 5.71. The van der Waals surface area contributed by atoms with Gasteiger partial charge in [0, 0.05) is 30.7 Å². The van der Waals surface area contributed by atoms with Gasteiger partial charge in [-0.3, -0.25) is 4.90 Å². The van der Waals surface area contributed by atoms with Gasteiger partial charge in [0.15, 0.2) is 0 Å². The molecule has 2 nitrogen and oxygen atoms in total. The summed E-state index contributed by atoms with van der Waals surface area (Å²) in [6.45, 7) is 9.57. The molecule has 0 radical (unpaired) electrons. The lowest BCUT2D eigenvalue weighted by Crippen LogP contribution is -2.65. The largest absolute Gasteiger partial charge is 0.311 e. The van der Waals surface area contributed by atoms with Crippen molar-refractivity contribution in [2.45, 2.75) is 83.3 Å². The molecule has 1 aliphatic heterocycles. The third kappa shape index (κ3) is 2.85. The highest BCUT2D eigenvalue weighted by molar-refractivity contribution is 4.98. The van der Waals surface area contributed by atoms with Crippen LogP contribution < -0.4 is 5.32 Å². The maximum Gasteiger partial charge on any atom is 0.0306 e. The molecule has 1 N–H and O–H groups in total. The van der Waals surface area contributed by atoms with Gasteiger partial charge in [-0.05, 0) is 32.6 Å². The Hall–Kier alpha value is -0.0800. The zero-order valence-electron chi connectivity index (χ0n) is 12.0. The summed E-state index contributed by atoms with van der Waals surface area (Å²) >= 11 is 0. The predicted molar refractivity (Wildman–Crippen MR) is 74.4 cm³/mol. The van der Waals surface area contributed by atoms with Gasteiger partial charge in [-0.2, -0.15) is 0 Å². The Morgan fingerprint density at radius 1 is 1.18 bits per heavy atom. The summed E-state index contributed by atoms with van der Waals surface area (Å²) in [4.78, 5) is 2.86. The predicted octanol–water partition coefficient (Wildman–Crippen LogP) is 3.17. The zero-order valence-corrected chi connectivity index (χ0v) is 12.0. The summed E-state index contributed by atoms with van der Waals surface area (Å²) in [6, 6.07) is 1.58. The first-order valence-electron chi connectivity index (χ1n) is 7.69. The molecule has 1 aliphatic carbocycles. The topological polar surface area (TPSA) is 15.3 Å². The molecule has 2 aliphatic rings. The fourth-order valence-corrected chi connectivity index (χ4v) is 3.57. The van der Waals surface area contributed by atoms with Crippen molar-refractivity contribution in [2.24, 2.45) is 0 Å². The Morgan fingerprint density at radius 3 is 2.47 bits per heavy atom. The summed E-state index contributed by atoms with van der Waals surface area (Å²) in [5.41, 5.74) is 0.397. The minimum atomic E-state index is 0.397. The van der Waals surface area contributed by atoms with Gasteiger partial charge in [0.1, 0.15) is 0 Å². The van der Waals surface area contributed by atoms with Crippen LogP contribution in [0, 0.1) is 0 Å². The second-order valence-electron chi connectivity index (χ2n) is 6.28. The minimum Gasteiger partial charge on any atom is -0.311 e. The Balaban J connectivity index is 2.06. The number of piperazine rings is 1. The van der Waals surface area contributed by atoms with Crippen molar-refractivity contribution in [3.8, 4) is 0 Å². The molecule has 0 aromatic heterocycles. The van der Waals surface area contributed by atoms with Crippen LogP contribution in [0.15, 0.2) is 0 Å². The average Bonchev–Trinajstić information content (AvgIpc) is 2.40. The van der Waals surface area contributed by atoms with E-state index in [4.69, 9.17) is 0 Å². The fraction of sp³-hybridized carbons (Fsp3) is 1.00. The summed E-state index contributed by atoms with van der Waals surface area (Å²) < 4.78 is 0. The van der Waals surface area contributed by atoms with E-state index in [1.54, 1.807) is 0 Å². The molecular weight excluding hydrogens is 208 g/mol. The number of nitrogens with one attached hydrogen (secondary N) is 1. The Bertz CT molecular complexity index is 235. The molecule has 0 spiro atoms. The maximum atomic E-state index is 3.74. The first-order chi connectivity index (χ1) is 8.19. The van der Waals surface area contributed by atoms with Crippen molar-refractivity contribution >= 4 is 0 Å². The van der Waals surface area contributed by atoms with Crippen LogP contribution in [0.3, 0.4) is 0 Å². The normalized spacial score (nSPS) is 37.2. The van der Waals surface area contributed by atoms with Crippen molar-refractivity contribution in [3.63, 3.8) is 0 Å². The standard InChI is InChI=1S/C15H30N2/c1-4-13-11-17(14-9-7-6-8-10-14)15(3,5-2)12-16-13/h13-14,16H,4-12H2,1-3H3. The van der Waals surface area contributed by atoms with Crippen LogP contribution in [0.1, 0.15) is 65.7 Å². The molecule has 2 atom stereocenters. The molecule has 0 aromatic carbocycles. The van der Waals surface area contributed by atoms with Crippen molar-refractivity contribution in [1.82, 2.24) is 10.2 Å². The van der Waals surface area contributed by atoms with Crippen LogP contribution in [0.2, 0.25) is 0 Å². The van der Waals surface area contributed by atoms with Crippen LogP contribution in [-0.2, 0) is 0 Å². The lowest BCUT2D eigenvalue weighted by Gasteiger charge is -2.52. The summed E-state index contributed by atoms with van der Waals surface area (Å²) in [7, 11) is 0. The number of hydrogen-bond donors (Lipinski definition) is 1. The minimum absolute atomic E-state index is 0.397. The summed E-state index contributed by atoms with van der Waals surface area (Å²) in [6.07, 6.45) is 9.77. The molecule has 0 aromatic rings. The van der Waals surface area contributed by atoms with Gasteiger partial charge in [0.05, 0.1) is 0 Å². The molecule has 2 unspecified atom stereocenters. The van der Waals surface area contributed by atoms with E-state index in [2.05, 4.69) is 31.0 Å². The highest BCUT2D eigenvalue weighted by Crippen LogP contribution is 2.32. The molecule has 2 heteroatoms. The van der Waals surface area contributed by atoms with Gasteiger partial charge in [0.25, 0.3) is 0 Å². The molecule has 100 valence electrons. The molecule has 2 rings (SSSR count). The fourth-order valence-electron chi connectivity index (χ4n) is 3.57. The molecule has 1 saturated carbocycles. The number of hydrogen-bond acceptors (Lipinski definition) is 2. The van der Waals surface area contributed by atoms with Crippen molar-refractivity contribution in [2.75, 3.05) is 13.1 Å². The van der Waals surface area contributed by atoms with E-state index in [0.717, 1.165) is 12.1 Å². The van der Waals surface area contributed by atoms with Crippen LogP contribution in [-0.4, -0.2) is 35.6 Å². The molecule has 2 fully saturated rings. The van der Waals surface area contributed by atoms with Crippen LogP contribution in [0.5, 0.6) is 0 Å². The Morgan fingerprint density at radius 2 is 1.88 bits per heavy atom. The maximum absolute atomic E-state index is 3.74. The smallest absolute Gasteiger partial charge is 0.0306 e. The van der Waals surface area contributed by atoms with E-state index in [0.29, 0.717) is 5.54 Å². The quantitative estimate of drug-likeness (QED) is 0.812. The third-order valence-corrected chi connectivity index (χ3v) is 5.15. The first-order valence-corrected chi connectivity index (χ1v) is 7.69. The SMILES string of the molecule is CCC1CN(C2CCCCC2)C(C)(CC)CN1. The van der Waals surface area contributed by atoms with E-state index < -0.39 is 0 Å². The number of rotatable bonds is 3. The van der Waals surface area contributed by atoms with Crippen molar-refractivity contribution in [1.29, 1.82) is 0 Å². The van der Waals surface area contributed by atoms with E-state index in [1.807, 2.05) is 0 Å². The highest BCUT2D eigenvalue weighted by atomic mass is 15.3. The van der Waals surface area contributed by atoms with Crippen molar-refractivity contribution < 1.29 is 0 Å². The lowest BCUT2D eigenvalue weighted by atomic mass is 9.85. The second-order valence-corrected chi connectivity index (χ2v) is 6.28. The van der Waals surface area contributed by atoms with Crippen LogP contribution in [0.4, 0.5) is 0 Å². The van der Waals surface area contributed by atoms with Crippen LogP contribution >= 0.6 is 0 Å². The van der Waals surface area contributed by atoms with Gasteiger partial charge >= 0.3 is 0 Å². The molecule has 1 heterocycles. The van der Waals surface area contributed by atoms with Crippen molar-refractivity contribution in [3.05, 3.63) is 0 Å². The van der Waals surface area contributed by atoms with Gasteiger partial charge < -0.3 is 5.32 Å². The Labute approximate surface area is 107 Å². The van der Waals surface area contributed by atoms with Gasteiger partial charge in [-0.1, -0.05) is 33.1 Å². The van der Waals surface area contributed by atoms with E-state index in [1.165, 1.54) is 58.0 Å². The highest BCUT2D eigenvalue weighted by Gasteiger charge is 2.39. The first kappa shape index (κ1) is 13.4. The van der Waals surface area contributed by atoms with Crippen LogP contribution in [0.25, 0.3) is 0 Å². The monoisotopic (exact) mass is 238 g/mol. The molecule has 0 amide bonds. The van der Waals surface area contributed by atoms with E-state index in [9.17, 15) is 0 Å². The molecular formula is C15H30N2. The summed E-state index contributed by atoms with van der Waals surface area (Å²) in [5, 5.41) is 3.74. The lowest BCUT2D eigenvalue weighted by molar-refractivity contribution is -0.00340.